The lowest BCUT2D eigenvalue weighted by molar-refractivity contribution is -0.131. The van der Waals surface area contributed by atoms with Crippen LogP contribution in [0, 0.1) is 0 Å². The summed E-state index contributed by atoms with van der Waals surface area (Å²) in [5.74, 6) is 1.40. The molecule has 0 radical (unpaired) electrons. The molecule has 0 saturated heterocycles. The predicted octanol–water partition coefficient (Wildman–Crippen LogP) is 6.12. The van der Waals surface area contributed by atoms with Crippen molar-refractivity contribution in [1.29, 1.82) is 0 Å². The number of carbonyl (C=O) groups is 1. The van der Waals surface area contributed by atoms with Crippen molar-refractivity contribution in [3.63, 3.8) is 0 Å². The summed E-state index contributed by atoms with van der Waals surface area (Å²) < 4.78 is 16.3. The number of fused-ring (bicyclic) bond motifs is 1. The second-order valence-electron chi connectivity index (χ2n) is 6.94. The third-order valence-corrected chi connectivity index (χ3v) is 4.99. The number of carbonyl (C=O) groups excluding carboxylic acids is 1. The van der Waals surface area contributed by atoms with Crippen molar-refractivity contribution in [3.05, 3.63) is 78.9 Å². The van der Waals surface area contributed by atoms with Crippen LogP contribution in [0.5, 0.6) is 17.2 Å². The minimum atomic E-state index is -0.361. The molecule has 0 saturated carbocycles. The van der Waals surface area contributed by atoms with Gasteiger partial charge in [-0.3, -0.25) is 4.79 Å². The average molecular weight is 398 g/mol. The second kappa shape index (κ2) is 8.29. The van der Waals surface area contributed by atoms with E-state index >= 15 is 0 Å². The van der Waals surface area contributed by atoms with E-state index in [9.17, 15) is 4.79 Å². The summed E-state index contributed by atoms with van der Waals surface area (Å²) in [6.45, 7) is 1.40. The van der Waals surface area contributed by atoms with E-state index in [-0.39, 0.29) is 5.97 Å². The van der Waals surface area contributed by atoms with E-state index in [2.05, 4.69) is 36.4 Å². The highest BCUT2D eigenvalue weighted by Crippen LogP contribution is 2.40. The molecule has 0 aliphatic carbocycles. The highest BCUT2D eigenvalue weighted by molar-refractivity contribution is 6.00. The minimum Gasteiger partial charge on any atom is -0.493 e. The number of rotatable bonds is 5. The zero-order chi connectivity index (χ0) is 21.1. The standard InChI is InChI=1S/C26H22O4/c1-17(27)30-22-13-21-14-25(28-2)26(29-3)16-24(21)23(15-22)20-11-9-19(10-12-20)18-7-5-4-6-8-18/h4-16H,1-3H3. The molecule has 4 aromatic carbocycles. The van der Waals surface area contributed by atoms with Crippen LogP contribution in [0.25, 0.3) is 33.0 Å². The van der Waals surface area contributed by atoms with Crippen LogP contribution in [0.15, 0.2) is 78.9 Å². The van der Waals surface area contributed by atoms with Gasteiger partial charge in [-0.2, -0.15) is 0 Å². The number of methoxy groups -OCH3 is 2. The van der Waals surface area contributed by atoms with Crippen molar-refractivity contribution in [3.8, 4) is 39.5 Å². The van der Waals surface area contributed by atoms with Crippen LogP contribution in [0.1, 0.15) is 6.92 Å². The highest BCUT2D eigenvalue weighted by Gasteiger charge is 2.13. The molecule has 0 spiro atoms. The van der Waals surface area contributed by atoms with Gasteiger partial charge in [0.25, 0.3) is 0 Å². The largest absolute Gasteiger partial charge is 0.493 e. The van der Waals surface area contributed by atoms with Crippen LogP contribution in [0.2, 0.25) is 0 Å². The monoisotopic (exact) mass is 398 g/mol. The van der Waals surface area contributed by atoms with Crippen LogP contribution in [-0.4, -0.2) is 20.2 Å². The minimum absolute atomic E-state index is 0.361. The smallest absolute Gasteiger partial charge is 0.308 e. The maximum Gasteiger partial charge on any atom is 0.308 e. The van der Waals surface area contributed by atoms with Gasteiger partial charge in [-0.05, 0) is 57.3 Å². The topological polar surface area (TPSA) is 44.8 Å². The van der Waals surface area contributed by atoms with Crippen LogP contribution in [0.4, 0.5) is 0 Å². The number of esters is 1. The van der Waals surface area contributed by atoms with E-state index in [1.807, 2.05) is 42.5 Å². The molecule has 0 amide bonds. The normalized spacial score (nSPS) is 10.6. The van der Waals surface area contributed by atoms with Gasteiger partial charge in [0.15, 0.2) is 11.5 Å². The van der Waals surface area contributed by atoms with E-state index in [0.29, 0.717) is 17.2 Å². The molecule has 0 aliphatic heterocycles. The number of hydrogen-bond acceptors (Lipinski definition) is 4. The Morgan fingerprint density at radius 3 is 1.93 bits per heavy atom. The lowest BCUT2D eigenvalue weighted by atomic mass is 9.95. The van der Waals surface area contributed by atoms with Gasteiger partial charge < -0.3 is 14.2 Å². The van der Waals surface area contributed by atoms with Crippen molar-refractivity contribution in [2.24, 2.45) is 0 Å². The fourth-order valence-corrected chi connectivity index (χ4v) is 3.60. The Balaban J connectivity index is 1.88. The maximum absolute atomic E-state index is 11.6. The van der Waals surface area contributed by atoms with Gasteiger partial charge in [0.1, 0.15) is 5.75 Å². The number of benzene rings is 4. The number of ether oxygens (including phenoxy) is 3. The lowest BCUT2D eigenvalue weighted by Crippen LogP contribution is -2.01. The summed E-state index contributed by atoms with van der Waals surface area (Å²) in [6.07, 6.45) is 0. The molecule has 0 heterocycles. The van der Waals surface area contributed by atoms with E-state index in [4.69, 9.17) is 14.2 Å². The summed E-state index contributed by atoms with van der Waals surface area (Å²) in [5, 5.41) is 1.88. The first-order valence-corrected chi connectivity index (χ1v) is 9.63. The Morgan fingerprint density at radius 1 is 0.700 bits per heavy atom. The molecule has 4 aromatic rings. The first-order valence-electron chi connectivity index (χ1n) is 9.63. The Kier molecular flexibility index (Phi) is 5.40. The molecule has 0 aromatic heterocycles. The molecule has 30 heavy (non-hydrogen) atoms. The van der Waals surface area contributed by atoms with Gasteiger partial charge in [-0.25, -0.2) is 0 Å². The van der Waals surface area contributed by atoms with Crippen LogP contribution >= 0.6 is 0 Å². The second-order valence-corrected chi connectivity index (χ2v) is 6.94. The molecule has 150 valence electrons. The molecule has 0 bridgehead atoms. The number of hydrogen-bond donors (Lipinski definition) is 0. The third kappa shape index (κ3) is 3.85. The molecule has 0 aliphatic rings. The molecule has 4 heteroatoms. The van der Waals surface area contributed by atoms with Crippen molar-refractivity contribution >= 4 is 16.7 Å². The molecule has 0 atom stereocenters. The summed E-state index contributed by atoms with van der Waals surface area (Å²) in [6, 6.07) is 26.1. The quantitative estimate of drug-likeness (QED) is 0.300. The molecule has 4 nitrogen and oxygen atoms in total. The molecule has 4 rings (SSSR count). The van der Waals surface area contributed by atoms with Gasteiger partial charge in [0, 0.05) is 6.92 Å². The highest BCUT2D eigenvalue weighted by atomic mass is 16.5. The summed E-state index contributed by atoms with van der Waals surface area (Å²) >= 11 is 0. The first kappa shape index (κ1) is 19.5. The van der Waals surface area contributed by atoms with Crippen LogP contribution in [0.3, 0.4) is 0 Å². The van der Waals surface area contributed by atoms with E-state index in [1.165, 1.54) is 6.92 Å². The predicted molar refractivity (Wildman–Crippen MR) is 119 cm³/mol. The Morgan fingerprint density at radius 2 is 1.30 bits per heavy atom. The SMILES string of the molecule is COc1cc2cc(OC(C)=O)cc(-c3ccc(-c4ccccc4)cc3)c2cc1OC. The molecular formula is C26H22O4. The van der Waals surface area contributed by atoms with Crippen LogP contribution < -0.4 is 14.2 Å². The Hall–Kier alpha value is -3.79. The van der Waals surface area contributed by atoms with Gasteiger partial charge in [0.2, 0.25) is 0 Å². The molecule has 0 fully saturated rings. The summed E-state index contributed by atoms with van der Waals surface area (Å²) in [4.78, 5) is 11.6. The molecular weight excluding hydrogens is 376 g/mol. The van der Waals surface area contributed by atoms with Gasteiger partial charge >= 0.3 is 5.97 Å². The summed E-state index contributed by atoms with van der Waals surface area (Å²) in [7, 11) is 3.22. The van der Waals surface area contributed by atoms with E-state index in [0.717, 1.165) is 33.0 Å². The fourth-order valence-electron chi connectivity index (χ4n) is 3.60. The van der Waals surface area contributed by atoms with Gasteiger partial charge in [-0.15, -0.1) is 0 Å². The Labute approximate surface area is 175 Å². The van der Waals surface area contributed by atoms with E-state index < -0.39 is 0 Å². The first-order chi connectivity index (χ1) is 14.6. The zero-order valence-electron chi connectivity index (χ0n) is 17.1. The lowest BCUT2D eigenvalue weighted by Gasteiger charge is -2.14. The van der Waals surface area contributed by atoms with Crippen molar-refractivity contribution in [2.45, 2.75) is 6.92 Å². The summed E-state index contributed by atoms with van der Waals surface area (Å²) in [5.41, 5.74) is 4.26. The van der Waals surface area contributed by atoms with E-state index in [1.54, 1.807) is 14.2 Å². The maximum atomic E-state index is 11.6. The van der Waals surface area contributed by atoms with Crippen molar-refractivity contribution < 1.29 is 19.0 Å². The average Bonchev–Trinajstić information content (AvgIpc) is 2.78. The molecule has 0 unspecified atom stereocenters. The Bertz CT molecular complexity index is 1200. The van der Waals surface area contributed by atoms with Gasteiger partial charge in [0.05, 0.1) is 14.2 Å². The van der Waals surface area contributed by atoms with Crippen molar-refractivity contribution in [1.82, 2.24) is 0 Å². The van der Waals surface area contributed by atoms with Gasteiger partial charge in [-0.1, -0.05) is 54.6 Å². The van der Waals surface area contributed by atoms with Crippen molar-refractivity contribution in [2.75, 3.05) is 14.2 Å². The zero-order valence-corrected chi connectivity index (χ0v) is 17.1. The molecule has 0 N–H and O–H groups in total. The fraction of sp³-hybridized carbons (Fsp3) is 0.115. The third-order valence-electron chi connectivity index (χ3n) is 4.99. The van der Waals surface area contributed by atoms with Crippen LogP contribution in [-0.2, 0) is 4.79 Å².